The van der Waals surface area contributed by atoms with E-state index < -0.39 is 17.6 Å². The van der Waals surface area contributed by atoms with E-state index >= 15 is 0 Å². The lowest BCUT2D eigenvalue weighted by atomic mass is 10.1. The first-order chi connectivity index (χ1) is 9.93. The number of amides is 1. The van der Waals surface area contributed by atoms with Gasteiger partial charge in [0, 0.05) is 12.7 Å². The Bertz CT molecular complexity index is 488. The van der Waals surface area contributed by atoms with Crippen molar-refractivity contribution >= 4 is 5.91 Å². The highest BCUT2D eigenvalue weighted by Gasteiger charge is 2.32. The molecule has 0 radical (unpaired) electrons. The summed E-state index contributed by atoms with van der Waals surface area (Å²) in [5, 5.41) is 9.37. The van der Waals surface area contributed by atoms with Gasteiger partial charge in [-0.15, -0.1) is 0 Å². The molecule has 1 amide bonds. The molecule has 2 heterocycles. The summed E-state index contributed by atoms with van der Waals surface area (Å²) in [5.41, 5.74) is -0.906. The van der Waals surface area contributed by atoms with Crippen molar-refractivity contribution < 1.29 is 23.1 Å². The Hall–Kier alpha value is -1.63. The van der Waals surface area contributed by atoms with Gasteiger partial charge in [0.2, 0.25) is 0 Å². The summed E-state index contributed by atoms with van der Waals surface area (Å²) < 4.78 is 37.4. The maximum Gasteiger partial charge on any atom is 0.417 e. The minimum Gasteiger partial charge on any atom is -0.394 e. The summed E-state index contributed by atoms with van der Waals surface area (Å²) in [6.45, 7) is 0.346. The average Bonchev–Trinajstić information content (AvgIpc) is 2.70. The highest BCUT2D eigenvalue weighted by molar-refractivity contribution is 5.92. The number of rotatable bonds is 2. The van der Waals surface area contributed by atoms with E-state index in [2.05, 4.69) is 4.98 Å². The lowest BCUT2D eigenvalue weighted by Crippen LogP contribution is -2.42. The van der Waals surface area contributed by atoms with Crippen LogP contribution in [0.15, 0.2) is 18.3 Å². The Morgan fingerprint density at radius 3 is 2.67 bits per heavy atom. The molecule has 116 valence electrons. The average molecular weight is 302 g/mol. The van der Waals surface area contributed by atoms with Crippen LogP contribution in [0.5, 0.6) is 0 Å². The van der Waals surface area contributed by atoms with Crippen molar-refractivity contribution in [3.8, 4) is 0 Å². The molecule has 4 nitrogen and oxygen atoms in total. The summed E-state index contributed by atoms with van der Waals surface area (Å²) >= 11 is 0. The molecule has 0 saturated carbocycles. The second-order valence-electron chi connectivity index (χ2n) is 5.11. The quantitative estimate of drug-likeness (QED) is 0.913. The van der Waals surface area contributed by atoms with Gasteiger partial charge in [-0.1, -0.05) is 12.8 Å². The fourth-order valence-corrected chi connectivity index (χ4v) is 2.47. The van der Waals surface area contributed by atoms with E-state index in [9.17, 15) is 23.1 Å². The predicted octanol–water partition coefficient (Wildman–Crippen LogP) is 2.48. The van der Waals surface area contributed by atoms with Crippen LogP contribution in [-0.2, 0) is 6.18 Å². The second kappa shape index (κ2) is 6.43. The first-order valence-electron chi connectivity index (χ1n) is 6.88. The molecule has 7 heteroatoms. The summed E-state index contributed by atoms with van der Waals surface area (Å²) in [7, 11) is 0. The number of alkyl halides is 3. The molecule has 0 aromatic carbocycles. The molecule has 1 aliphatic heterocycles. The van der Waals surface area contributed by atoms with Gasteiger partial charge in [-0.25, -0.2) is 0 Å². The van der Waals surface area contributed by atoms with Gasteiger partial charge in [0.05, 0.1) is 18.2 Å². The fraction of sp³-hybridized carbons (Fsp3) is 0.571. The van der Waals surface area contributed by atoms with Crippen LogP contribution in [-0.4, -0.2) is 40.1 Å². The fourth-order valence-electron chi connectivity index (χ4n) is 2.47. The van der Waals surface area contributed by atoms with Crippen LogP contribution in [0.2, 0.25) is 0 Å². The third-order valence-corrected chi connectivity index (χ3v) is 3.66. The number of aliphatic hydroxyl groups excluding tert-OH is 1. The van der Waals surface area contributed by atoms with Gasteiger partial charge >= 0.3 is 6.18 Å². The molecule has 0 spiro atoms. The summed E-state index contributed by atoms with van der Waals surface area (Å²) in [6.07, 6.45) is -0.383. The van der Waals surface area contributed by atoms with Gasteiger partial charge < -0.3 is 10.0 Å². The third kappa shape index (κ3) is 3.72. The van der Waals surface area contributed by atoms with Crippen LogP contribution < -0.4 is 0 Å². The molecule has 1 saturated heterocycles. The number of halogens is 3. The van der Waals surface area contributed by atoms with Crippen molar-refractivity contribution in [3.63, 3.8) is 0 Å². The van der Waals surface area contributed by atoms with Crippen LogP contribution in [0.1, 0.15) is 41.7 Å². The second-order valence-corrected chi connectivity index (χ2v) is 5.11. The molecule has 0 bridgehead atoms. The van der Waals surface area contributed by atoms with Gasteiger partial charge in [0.15, 0.2) is 0 Å². The first-order valence-corrected chi connectivity index (χ1v) is 6.88. The molecular formula is C14H17F3N2O2. The number of hydrogen-bond acceptors (Lipinski definition) is 3. The Labute approximate surface area is 120 Å². The molecule has 1 unspecified atom stereocenters. The maximum atomic E-state index is 12.5. The zero-order valence-electron chi connectivity index (χ0n) is 11.4. The minimum atomic E-state index is -4.47. The third-order valence-electron chi connectivity index (χ3n) is 3.66. The van der Waals surface area contributed by atoms with Crippen molar-refractivity contribution in [2.75, 3.05) is 13.2 Å². The number of likely N-dealkylation sites (tertiary alicyclic amines) is 1. The van der Waals surface area contributed by atoms with Crippen molar-refractivity contribution in [3.05, 3.63) is 29.6 Å². The van der Waals surface area contributed by atoms with Crippen LogP contribution in [0.3, 0.4) is 0 Å². The number of carbonyl (C=O) groups is 1. The number of nitrogens with zero attached hydrogens (tertiary/aromatic N) is 2. The Kier molecular flexibility index (Phi) is 4.82. The van der Waals surface area contributed by atoms with Crippen LogP contribution in [0.25, 0.3) is 0 Å². The number of carbonyl (C=O) groups excluding carboxylic acids is 1. The molecule has 2 rings (SSSR count). The van der Waals surface area contributed by atoms with E-state index in [-0.39, 0.29) is 18.3 Å². The molecule has 1 aromatic heterocycles. The Morgan fingerprint density at radius 2 is 2.10 bits per heavy atom. The number of aliphatic hydroxyl groups is 1. The molecule has 1 fully saturated rings. The van der Waals surface area contributed by atoms with E-state index in [1.807, 2.05) is 0 Å². The molecule has 1 atom stereocenters. The standard InChI is InChI=1S/C14H17F3N2O2/c15-14(16,17)10-5-6-12(18-8-10)13(21)19-7-3-1-2-4-11(19)9-20/h5-6,8,11,20H,1-4,7,9H2. The predicted molar refractivity (Wildman–Crippen MR) is 69.6 cm³/mol. The largest absolute Gasteiger partial charge is 0.417 e. The van der Waals surface area contributed by atoms with E-state index in [4.69, 9.17) is 0 Å². The number of aromatic nitrogens is 1. The molecule has 1 aromatic rings. The monoisotopic (exact) mass is 302 g/mol. The lowest BCUT2D eigenvalue weighted by Gasteiger charge is -2.28. The molecule has 0 aliphatic carbocycles. The Balaban J connectivity index is 2.18. The van der Waals surface area contributed by atoms with Crippen LogP contribution in [0.4, 0.5) is 13.2 Å². The van der Waals surface area contributed by atoms with Crippen LogP contribution >= 0.6 is 0 Å². The van der Waals surface area contributed by atoms with Gasteiger partial charge in [0.1, 0.15) is 5.69 Å². The zero-order valence-corrected chi connectivity index (χ0v) is 11.4. The molecule has 21 heavy (non-hydrogen) atoms. The smallest absolute Gasteiger partial charge is 0.394 e. The number of pyridine rings is 1. The van der Waals surface area contributed by atoms with Gasteiger partial charge in [-0.2, -0.15) is 13.2 Å². The van der Waals surface area contributed by atoms with E-state index in [1.54, 1.807) is 0 Å². The maximum absolute atomic E-state index is 12.5. The van der Waals surface area contributed by atoms with Crippen molar-refractivity contribution in [1.82, 2.24) is 9.88 Å². The van der Waals surface area contributed by atoms with E-state index in [1.165, 1.54) is 4.90 Å². The SMILES string of the molecule is O=C(c1ccc(C(F)(F)F)cn1)N1CCCCCC1CO. The van der Waals surface area contributed by atoms with Crippen molar-refractivity contribution in [2.24, 2.45) is 0 Å². The summed E-state index contributed by atoms with van der Waals surface area (Å²) in [4.78, 5) is 17.5. The molecule has 1 aliphatic rings. The van der Waals surface area contributed by atoms with Crippen LogP contribution in [0, 0.1) is 0 Å². The van der Waals surface area contributed by atoms with Gasteiger partial charge in [0.25, 0.3) is 5.91 Å². The van der Waals surface area contributed by atoms with Crippen molar-refractivity contribution in [1.29, 1.82) is 0 Å². The highest BCUT2D eigenvalue weighted by Crippen LogP contribution is 2.28. The molecular weight excluding hydrogens is 285 g/mol. The number of hydrogen-bond donors (Lipinski definition) is 1. The highest BCUT2D eigenvalue weighted by atomic mass is 19.4. The minimum absolute atomic E-state index is 0.0247. The van der Waals surface area contributed by atoms with E-state index in [0.717, 1.165) is 31.4 Å². The lowest BCUT2D eigenvalue weighted by molar-refractivity contribution is -0.137. The normalized spacial score (nSPS) is 20.2. The topological polar surface area (TPSA) is 53.4 Å². The molecule has 1 N–H and O–H groups in total. The van der Waals surface area contributed by atoms with E-state index in [0.29, 0.717) is 19.2 Å². The summed E-state index contributed by atoms with van der Waals surface area (Å²) in [5.74, 6) is -0.426. The first kappa shape index (κ1) is 15.8. The Morgan fingerprint density at radius 1 is 1.33 bits per heavy atom. The van der Waals surface area contributed by atoms with Gasteiger partial charge in [-0.3, -0.25) is 9.78 Å². The van der Waals surface area contributed by atoms with Crippen molar-refractivity contribution in [2.45, 2.75) is 37.9 Å². The summed E-state index contributed by atoms with van der Waals surface area (Å²) in [6, 6.07) is 1.65. The van der Waals surface area contributed by atoms with Gasteiger partial charge in [-0.05, 0) is 25.0 Å². The zero-order chi connectivity index (χ0) is 15.5.